The molecule has 0 aliphatic rings. The molecule has 2 nitrogen and oxygen atoms in total. The Kier molecular flexibility index (Phi) is 11.8. The highest BCUT2D eigenvalue weighted by atomic mass is 16.5. The molecule has 2 rings (SSSR count). The van der Waals surface area contributed by atoms with Crippen LogP contribution in [0.1, 0.15) is 46.3 Å². The summed E-state index contributed by atoms with van der Waals surface area (Å²) in [7, 11) is 0. The first-order chi connectivity index (χ1) is 10.8. The number of rotatable bonds is 5. The zero-order valence-electron chi connectivity index (χ0n) is 14.5. The summed E-state index contributed by atoms with van der Waals surface area (Å²) in [6, 6.07) is 19.7. The Labute approximate surface area is 135 Å². The van der Waals surface area contributed by atoms with Crippen LogP contribution in [-0.4, -0.2) is 11.7 Å². The van der Waals surface area contributed by atoms with Gasteiger partial charge in [-0.15, -0.1) is 0 Å². The predicted octanol–water partition coefficient (Wildman–Crippen LogP) is 5.49. The Morgan fingerprint density at radius 3 is 1.73 bits per heavy atom. The van der Waals surface area contributed by atoms with Crippen LogP contribution in [0.2, 0.25) is 0 Å². The Morgan fingerprint density at radius 2 is 1.27 bits per heavy atom. The topological polar surface area (TPSA) is 29.5 Å². The number of para-hydroxylation sites is 1. The molecule has 0 bridgehead atoms. The first-order valence-electron chi connectivity index (χ1n) is 8.19. The molecule has 2 heteroatoms. The third-order valence-electron chi connectivity index (χ3n) is 2.94. The number of aliphatic hydroxyl groups excluding tert-OH is 1. The smallest absolute Gasteiger partial charge is 0.128 e. The van der Waals surface area contributed by atoms with Gasteiger partial charge in [-0.1, -0.05) is 83.1 Å². The van der Waals surface area contributed by atoms with Gasteiger partial charge in [0.1, 0.15) is 11.9 Å². The van der Waals surface area contributed by atoms with Gasteiger partial charge < -0.3 is 9.84 Å². The van der Waals surface area contributed by atoms with Crippen molar-refractivity contribution in [1.82, 2.24) is 0 Å². The maximum Gasteiger partial charge on any atom is 0.128 e. The van der Waals surface area contributed by atoms with Gasteiger partial charge in [0.15, 0.2) is 0 Å². The summed E-state index contributed by atoms with van der Waals surface area (Å²) in [4.78, 5) is 0. The van der Waals surface area contributed by atoms with Gasteiger partial charge in [-0.05, 0) is 17.7 Å². The van der Waals surface area contributed by atoms with Gasteiger partial charge in [0, 0.05) is 12.5 Å². The molecule has 0 aromatic heterocycles. The lowest BCUT2D eigenvalue weighted by molar-refractivity contribution is 0.0968. The predicted molar refractivity (Wildman–Crippen MR) is 95.2 cm³/mol. The Balaban J connectivity index is 0.00000102. The second-order valence-electron chi connectivity index (χ2n) is 4.42. The van der Waals surface area contributed by atoms with Gasteiger partial charge in [-0.2, -0.15) is 0 Å². The van der Waals surface area contributed by atoms with Crippen LogP contribution in [0.5, 0.6) is 5.75 Å². The summed E-state index contributed by atoms with van der Waals surface area (Å²) in [5.41, 5.74) is 1.09. The van der Waals surface area contributed by atoms with Crippen LogP contribution in [0, 0.1) is 5.92 Å². The van der Waals surface area contributed by atoms with Crippen molar-refractivity contribution in [2.45, 2.75) is 40.7 Å². The molecule has 0 unspecified atom stereocenters. The number of hydrogen-bond acceptors (Lipinski definition) is 2. The van der Waals surface area contributed by atoms with Gasteiger partial charge in [0.05, 0.1) is 0 Å². The van der Waals surface area contributed by atoms with Crippen molar-refractivity contribution in [3.63, 3.8) is 0 Å². The van der Waals surface area contributed by atoms with Crippen molar-refractivity contribution < 1.29 is 9.84 Å². The molecule has 1 N–H and O–H groups in total. The average molecular weight is 302 g/mol. The molecular formula is C20H30O2. The normalized spacial score (nSPS) is 11.9. The molecular weight excluding hydrogens is 272 g/mol. The lowest BCUT2D eigenvalue weighted by Crippen LogP contribution is -2.19. The van der Waals surface area contributed by atoms with Gasteiger partial charge in [0.2, 0.25) is 0 Å². The molecule has 0 spiro atoms. The summed E-state index contributed by atoms with van der Waals surface area (Å²) in [6.07, 6.45) is -0.126. The SMILES string of the molecule is CC.CC.C[C@H](CO)[C@@H](Oc1ccccc1)c1ccccc1. The molecule has 22 heavy (non-hydrogen) atoms. The Bertz CT molecular complexity index is 454. The van der Waals surface area contributed by atoms with Crippen molar-refractivity contribution in [3.8, 4) is 5.75 Å². The van der Waals surface area contributed by atoms with E-state index in [1.807, 2.05) is 95.3 Å². The molecule has 0 aliphatic heterocycles. The van der Waals surface area contributed by atoms with Gasteiger partial charge >= 0.3 is 0 Å². The van der Waals surface area contributed by atoms with E-state index in [1.54, 1.807) is 0 Å². The van der Waals surface area contributed by atoms with Crippen molar-refractivity contribution in [2.24, 2.45) is 5.92 Å². The van der Waals surface area contributed by atoms with E-state index >= 15 is 0 Å². The molecule has 0 fully saturated rings. The quantitative estimate of drug-likeness (QED) is 0.791. The zero-order valence-corrected chi connectivity index (χ0v) is 14.5. The van der Waals surface area contributed by atoms with Crippen LogP contribution >= 0.6 is 0 Å². The van der Waals surface area contributed by atoms with Gasteiger partial charge in [0.25, 0.3) is 0 Å². The fourth-order valence-corrected chi connectivity index (χ4v) is 1.90. The molecule has 0 radical (unpaired) electrons. The molecule has 0 saturated carbocycles. The number of benzene rings is 2. The molecule has 0 amide bonds. The van der Waals surface area contributed by atoms with Gasteiger partial charge in [-0.25, -0.2) is 0 Å². The fourth-order valence-electron chi connectivity index (χ4n) is 1.90. The van der Waals surface area contributed by atoms with Crippen LogP contribution < -0.4 is 4.74 Å². The summed E-state index contributed by atoms with van der Waals surface area (Å²) in [5, 5.41) is 9.36. The molecule has 0 saturated heterocycles. The lowest BCUT2D eigenvalue weighted by atomic mass is 9.98. The number of hydrogen-bond donors (Lipinski definition) is 1. The van der Waals surface area contributed by atoms with Gasteiger partial charge in [-0.3, -0.25) is 0 Å². The molecule has 2 aromatic carbocycles. The minimum Gasteiger partial charge on any atom is -0.485 e. The Hall–Kier alpha value is -1.80. The highest BCUT2D eigenvalue weighted by Crippen LogP contribution is 2.27. The van der Waals surface area contributed by atoms with E-state index in [1.165, 1.54) is 0 Å². The second-order valence-corrected chi connectivity index (χ2v) is 4.42. The molecule has 2 aromatic rings. The maximum atomic E-state index is 9.36. The van der Waals surface area contributed by atoms with E-state index in [9.17, 15) is 5.11 Å². The zero-order chi connectivity index (χ0) is 16.8. The minimum atomic E-state index is -0.126. The van der Waals surface area contributed by atoms with Crippen molar-refractivity contribution >= 4 is 0 Å². The van der Waals surface area contributed by atoms with Crippen molar-refractivity contribution in [1.29, 1.82) is 0 Å². The fraction of sp³-hybridized carbons (Fsp3) is 0.400. The standard InChI is InChI=1S/C16H18O2.2C2H6/c1-13(12-17)16(14-8-4-2-5-9-14)18-15-10-6-3-7-11-15;2*1-2/h2-11,13,16-17H,12H2,1H3;2*1-2H3/t13-,16-;;/m1../s1. The highest BCUT2D eigenvalue weighted by molar-refractivity contribution is 5.24. The monoisotopic (exact) mass is 302 g/mol. The molecule has 0 aliphatic carbocycles. The molecule has 0 heterocycles. The number of ether oxygens (including phenoxy) is 1. The summed E-state index contributed by atoms with van der Waals surface area (Å²) < 4.78 is 5.99. The van der Waals surface area contributed by atoms with E-state index in [0.717, 1.165) is 11.3 Å². The lowest BCUT2D eigenvalue weighted by Gasteiger charge is -2.24. The van der Waals surface area contributed by atoms with Crippen molar-refractivity contribution in [2.75, 3.05) is 6.61 Å². The van der Waals surface area contributed by atoms with E-state index in [2.05, 4.69) is 0 Å². The van der Waals surface area contributed by atoms with E-state index < -0.39 is 0 Å². The first-order valence-corrected chi connectivity index (χ1v) is 8.19. The van der Waals surface area contributed by atoms with Crippen LogP contribution in [0.15, 0.2) is 60.7 Å². The van der Waals surface area contributed by atoms with Crippen LogP contribution in [0.4, 0.5) is 0 Å². The molecule has 2 atom stereocenters. The summed E-state index contributed by atoms with van der Waals surface area (Å²) in [5.74, 6) is 0.874. The third-order valence-corrected chi connectivity index (χ3v) is 2.94. The van der Waals surface area contributed by atoms with Crippen LogP contribution in [0.25, 0.3) is 0 Å². The maximum absolute atomic E-state index is 9.36. The largest absolute Gasteiger partial charge is 0.485 e. The minimum absolute atomic E-state index is 0.0487. The van der Waals surface area contributed by atoms with Crippen molar-refractivity contribution in [3.05, 3.63) is 66.2 Å². The molecule has 122 valence electrons. The average Bonchev–Trinajstić information content (AvgIpc) is 2.64. The number of aliphatic hydroxyl groups is 1. The van der Waals surface area contributed by atoms with E-state index in [0.29, 0.717) is 0 Å². The van der Waals surface area contributed by atoms with Crippen LogP contribution in [0.3, 0.4) is 0 Å². The second kappa shape index (κ2) is 12.9. The van der Waals surface area contributed by atoms with Crippen LogP contribution in [-0.2, 0) is 0 Å². The highest BCUT2D eigenvalue weighted by Gasteiger charge is 2.20. The Morgan fingerprint density at radius 1 is 0.818 bits per heavy atom. The summed E-state index contributed by atoms with van der Waals surface area (Å²) >= 11 is 0. The first kappa shape index (κ1) is 20.2. The summed E-state index contributed by atoms with van der Waals surface area (Å²) in [6.45, 7) is 10.1. The third kappa shape index (κ3) is 6.77. The van der Waals surface area contributed by atoms with E-state index in [4.69, 9.17) is 4.74 Å². The van der Waals surface area contributed by atoms with E-state index in [-0.39, 0.29) is 18.6 Å².